The number of carbonyl (C=O) groups excluding carboxylic acids is 2. The van der Waals surface area contributed by atoms with Crippen LogP contribution >= 0.6 is 0 Å². The number of hydrogen-bond donors (Lipinski definition) is 0. The van der Waals surface area contributed by atoms with Gasteiger partial charge < -0.3 is 0 Å². The molecule has 19 heavy (non-hydrogen) atoms. The van der Waals surface area contributed by atoms with Crippen LogP contribution in [0.3, 0.4) is 0 Å². The van der Waals surface area contributed by atoms with Gasteiger partial charge in [0.1, 0.15) is 11.6 Å². The van der Waals surface area contributed by atoms with E-state index in [2.05, 4.69) is 13.8 Å². The van der Waals surface area contributed by atoms with Gasteiger partial charge in [-0.1, -0.05) is 46.0 Å². The van der Waals surface area contributed by atoms with E-state index in [-0.39, 0.29) is 0 Å². The summed E-state index contributed by atoms with van der Waals surface area (Å²) in [6.45, 7) is 5.92. The number of unbranched alkanes of at least 4 members (excludes halogenated alkanes) is 6. The van der Waals surface area contributed by atoms with Gasteiger partial charge in [0.25, 0.3) is 0 Å². The van der Waals surface area contributed by atoms with Crippen molar-refractivity contribution in [1.29, 1.82) is 0 Å². The third kappa shape index (κ3) is 13.6. The van der Waals surface area contributed by atoms with Gasteiger partial charge in [-0.15, -0.1) is 0 Å². The summed E-state index contributed by atoms with van der Waals surface area (Å²) in [6, 6.07) is 0. The molecule has 0 bridgehead atoms. The molecular weight excluding hydrogens is 236 g/mol. The van der Waals surface area contributed by atoms with Gasteiger partial charge in [-0.25, -0.2) is 0 Å². The summed E-state index contributed by atoms with van der Waals surface area (Å²) in [4.78, 5) is 23.0. The Hall–Kier alpha value is -0.660. The normalized spacial score (nSPS) is 10.6. The van der Waals surface area contributed by atoms with Crippen LogP contribution in [0.5, 0.6) is 0 Å². The van der Waals surface area contributed by atoms with Crippen LogP contribution in [0, 0.1) is 6.92 Å². The van der Waals surface area contributed by atoms with Gasteiger partial charge in [0.15, 0.2) is 0 Å². The van der Waals surface area contributed by atoms with Crippen LogP contribution in [0.2, 0.25) is 0 Å². The predicted molar refractivity (Wildman–Crippen MR) is 81.1 cm³/mol. The Morgan fingerprint density at radius 1 is 0.684 bits per heavy atom. The zero-order chi connectivity index (χ0) is 14.3. The maximum Gasteiger partial charge on any atom is 0.132 e. The molecule has 0 saturated heterocycles. The Labute approximate surface area is 119 Å². The number of rotatable bonds is 14. The van der Waals surface area contributed by atoms with Crippen molar-refractivity contribution in [3.8, 4) is 0 Å². The first kappa shape index (κ1) is 18.3. The maximum atomic E-state index is 11.5. The zero-order valence-electron chi connectivity index (χ0n) is 12.7. The lowest BCUT2D eigenvalue weighted by atomic mass is 10.0. The van der Waals surface area contributed by atoms with E-state index in [0.29, 0.717) is 30.8 Å². The fraction of sp³-hybridized carbons (Fsp3) is 0.824. The fourth-order valence-corrected chi connectivity index (χ4v) is 2.14. The molecule has 0 rings (SSSR count). The second-order valence-electron chi connectivity index (χ2n) is 5.41. The molecule has 2 heteroatoms. The van der Waals surface area contributed by atoms with E-state index >= 15 is 0 Å². The Morgan fingerprint density at radius 3 is 1.53 bits per heavy atom. The lowest BCUT2D eigenvalue weighted by Crippen LogP contribution is -1.99. The monoisotopic (exact) mass is 267 g/mol. The minimum Gasteiger partial charge on any atom is -0.300 e. The fourth-order valence-electron chi connectivity index (χ4n) is 2.14. The van der Waals surface area contributed by atoms with Crippen molar-refractivity contribution in [2.45, 2.75) is 90.4 Å². The van der Waals surface area contributed by atoms with Crippen molar-refractivity contribution in [1.82, 2.24) is 0 Å². The quantitative estimate of drug-likeness (QED) is 0.413. The van der Waals surface area contributed by atoms with Gasteiger partial charge >= 0.3 is 0 Å². The second-order valence-corrected chi connectivity index (χ2v) is 5.41. The molecule has 0 aliphatic rings. The minimum atomic E-state index is 0.378. The first-order chi connectivity index (χ1) is 9.20. The van der Waals surface area contributed by atoms with Crippen LogP contribution in [0.1, 0.15) is 90.4 Å². The van der Waals surface area contributed by atoms with Crippen LogP contribution < -0.4 is 0 Å². The van der Waals surface area contributed by atoms with Gasteiger partial charge in [0.05, 0.1) is 0 Å². The van der Waals surface area contributed by atoms with Crippen LogP contribution in [0.4, 0.5) is 0 Å². The highest BCUT2D eigenvalue weighted by atomic mass is 16.1. The van der Waals surface area contributed by atoms with E-state index in [1.165, 1.54) is 6.42 Å². The molecule has 0 N–H and O–H groups in total. The predicted octanol–water partition coefficient (Wildman–Crippen LogP) is 5.05. The second kappa shape index (κ2) is 13.8. The van der Waals surface area contributed by atoms with Gasteiger partial charge in [0.2, 0.25) is 0 Å². The summed E-state index contributed by atoms with van der Waals surface area (Å²) < 4.78 is 0. The number of ketones is 2. The molecule has 0 aromatic heterocycles. The van der Waals surface area contributed by atoms with Crippen molar-refractivity contribution in [3.63, 3.8) is 0 Å². The maximum absolute atomic E-state index is 11.5. The smallest absolute Gasteiger partial charge is 0.132 e. The lowest BCUT2D eigenvalue weighted by Gasteiger charge is -2.02. The molecule has 0 heterocycles. The summed E-state index contributed by atoms with van der Waals surface area (Å²) >= 11 is 0. The molecule has 0 aliphatic carbocycles. The van der Waals surface area contributed by atoms with Crippen molar-refractivity contribution in [2.24, 2.45) is 0 Å². The standard InChI is InChI=1S/C17H31O2/c1-3-5-8-12-16(18)14-10-7-11-15-17(19)13-9-6-4-2/h1,3-15H2,2H3. The Morgan fingerprint density at radius 2 is 1.11 bits per heavy atom. The van der Waals surface area contributed by atoms with Crippen LogP contribution in [0.15, 0.2) is 0 Å². The molecule has 0 fully saturated rings. The summed E-state index contributed by atoms with van der Waals surface area (Å²) in [5, 5.41) is 0. The average Bonchev–Trinajstić information content (AvgIpc) is 2.39. The first-order valence-corrected chi connectivity index (χ1v) is 8.03. The molecule has 111 valence electrons. The third-order valence-corrected chi connectivity index (χ3v) is 3.43. The topological polar surface area (TPSA) is 34.1 Å². The van der Waals surface area contributed by atoms with E-state index in [1.54, 1.807) is 0 Å². The molecule has 0 aliphatic heterocycles. The Kier molecular flexibility index (Phi) is 13.3. The van der Waals surface area contributed by atoms with E-state index < -0.39 is 0 Å². The van der Waals surface area contributed by atoms with Crippen LogP contribution in [0.25, 0.3) is 0 Å². The SMILES string of the molecule is [CH2]CCCCC(=O)CCCCCC(=O)CCCCC. The average molecular weight is 267 g/mol. The zero-order valence-corrected chi connectivity index (χ0v) is 12.7. The lowest BCUT2D eigenvalue weighted by molar-refractivity contribution is -0.119. The van der Waals surface area contributed by atoms with Crippen molar-refractivity contribution in [3.05, 3.63) is 6.92 Å². The highest BCUT2D eigenvalue weighted by molar-refractivity contribution is 5.78. The molecule has 2 nitrogen and oxygen atoms in total. The van der Waals surface area contributed by atoms with Crippen LogP contribution in [-0.4, -0.2) is 11.6 Å². The number of Topliss-reactive ketones (excluding diaryl/α,β-unsaturated/α-hetero) is 2. The highest BCUT2D eigenvalue weighted by Gasteiger charge is 2.03. The van der Waals surface area contributed by atoms with E-state index in [0.717, 1.165) is 57.8 Å². The van der Waals surface area contributed by atoms with E-state index in [4.69, 9.17) is 0 Å². The van der Waals surface area contributed by atoms with Crippen LogP contribution in [-0.2, 0) is 9.59 Å². The van der Waals surface area contributed by atoms with Gasteiger partial charge in [-0.05, 0) is 25.7 Å². The molecule has 0 amide bonds. The van der Waals surface area contributed by atoms with Gasteiger partial charge in [0, 0.05) is 25.7 Å². The van der Waals surface area contributed by atoms with Gasteiger partial charge in [-0.2, -0.15) is 0 Å². The highest BCUT2D eigenvalue weighted by Crippen LogP contribution is 2.10. The van der Waals surface area contributed by atoms with Crippen molar-refractivity contribution in [2.75, 3.05) is 0 Å². The molecule has 0 saturated carbocycles. The van der Waals surface area contributed by atoms with E-state index in [9.17, 15) is 9.59 Å². The summed E-state index contributed by atoms with van der Waals surface area (Å²) in [7, 11) is 0. The molecular formula is C17H31O2. The van der Waals surface area contributed by atoms with Gasteiger partial charge in [-0.3, -0.25) is 9.59 Å². The third-order valence-electron chi connectivity index (χ3n) is 3.43. The Balaban J connectivity index is 3.29. The van der Waals surface area contributed by atoms with Crippen molar-refractivity contribution >= 4 is 11.6 Å². The molecule has 1 radical (unpaired) electrons. The molecule has 0 unspecified atom stereocenters. The molecule has 0 aromatic carbocycles. The van der Waals surface area contributed by atoms with Crippen molar-refractivity contribution < 1.29 is 9.59 Å². The summed E-state index contributed by atoms with van der Waals surface area (Å²) in [5.74, 6) is 0.776. The first-order valence-electron chi connectivity index (χ1n) is 8.03. The number of carbonyl (C=O) groups is 2. The summed E-state index contributed by atoms with van der Waals surface area (Å²) in [6.07, 6.45) is 12.1. The molecule has 0 aromatic rings. The molecule has 0 atom stereocenters. The largest absolute Gasteiger partial charge is 0.300 e. The molecule has 0 spiro atoms. The van der Waals surface area contributed by atoms with E-state index in [1.807, 2.05) is 0 Å². The minimum absolute atomic E-state index is 0.378. The summed E-state index contributed by atoms with van der Waals surface area (Å²) in [5.41, 5.74) is 0. The number of hydrogen-bond acceptors (Lipinski definition) is 2. The Bertz CT molecular complexity index is 209.